The Morgan fingerprint density at radius 2 is 1.57 bits per heavy atom. The van der Waals surface area contributed by atoms with Crippen molar-refractivity contribution in [2.24, 2.45) is 0 Å². The maximum atomic E-state index is 4.27. The number of benzene rings is 2. The van der Waals surface area contributed by atoms with Gasteiger partial charge in [0.15, 0.2) is 0 Å². The average molecular weight is 306 g/mol. The molecule has 2 aromatic rings. The van der Waals surface area contributed by atoms with E-state index in [0.29, 0.717) is 0 Å². The van der Waals surface area contributed by atoms with Crippen molar-refractivity contribution in [3.8, 4) is 0 Å². The van der Waals surface area contributed by atoms with Gasteiger partial charge in [0, 0.05) is 19.6 Å². The predicted molar refractivity (Wildman–Crippen MR) is 97.9 cm³/mol. The first-order valence-electron chi connectivity index (χ1n) is 8.65. The molecule has 23 heavy (non-hydrogen) atoms. The summed E-state index contributed by atoms with van der Waals surface area (Å²) >= 11 is 0. The number of hydrazine groups is 1. The molecule has 0 aliphatic carbocycles. The first-order valence-corrected chi connectivity index (χ1v) is 8.65. The van der Waals surface area contributed by atoms with E-state index >= 15 is 0 Å². The minimum atomic E-state index is 0.885. The summed E-state index contributed by atoms with van der Waals surface area (Å²) in [6, 6.07) is 19.1. The van der Waals surface area contributed by atoms with E-state index in [4.69, 9.17) is 0 Å². The number of rotatable bonds is 5. The van der Waals surface area contributed by atoms with Gasteiger partial charge in [0.2, 0.25) is 0 Å². The third kappa shape index (κ3) is 4.54. The van der Waals surface area contributed by atoms with Crippen molar-refractivity contribution in [2.45, 2.75) is 32.2 Å². The molecule has 0 saturated carbocycles. The zero-order valence-electron chi connectivity index (χ0n) is 13.8. The molecule has 0 spiro atoms. The molecule has 2 nitrogen and oxygen atoms in total. The summed E-state index contributed by atoms with van der Waals surface area (Å²) in [4.78, 5) is 0. The van der Waals surface area contributed by atoms with Crippen molar-refractivity contribution >= 4 is 5.57 Å². The van der Waals surface area contributed by atoms with E-state index in [0.717, 1.165) is 25.2 Å². The lowest BCUT2D eigenvalue weighted by Crippen LogP contribution is -2.38. The van der Waals surface area contributed by atoms with E-state index in [1.165, 1.54) is 42.4 Å². The van der Waals surface area contributed by atoms with Crippen LogP contribution in [0.5, 0.6) is 0 Å². The van der Waals surface area contributed by atoms with Crippen LogP contribution in [0, 0.1) is 0 Å². The molecular weight excluding hydrogens is 280 g/mol. The number of nitrogens with one attached hydrogen (secondary N) is 1. The second-order valence-corrected chi connectivity index (χ2v) is 6.28. The highest BCUT2D eigenvalue weighted by Crippen LogP contribution is 2.22. The smallest absolute Gasteiger partial charge is 0.0353 e. The molecule has 0 amide bonds. The molecule has 0 bridgehead atoms. The van der Waals surface area contributed by atoms with Gasteiger partial charge >= 0.3 is 0 Å². The summed E-state index contributed by atoms with van der Waals surface area (Å²) in [5.41, 5.74) is 8.37. The summed E-state index contributed by atoms with van der Waals surface area (Å²) in [5.74, 6) is 0. The molecule has 3 rings (SSSR count). The van der Waals surface area contributed by atoms with Crippen LogP contribution in [-0.2, 0) is 6.54 Å². The Bertz CT molecular complexity index is 625. The molecule has 0 atom stereocenters. The second kappa shape index (κ2) is 8.09. The number of nitrogens with zero attached hydrogens (tertiary/aromatic N) is 1. The average Bonchev–Trinajstić information content (AvgIpc) is 2.89. The summed E-state index contributed by atoms with van der Waals surface area (Å²) in [6.45, 7) is 7.48. The van der Waals surface area contributed by atoms with E-state index in [1.54, 1.807) is 0 Å². The van der Waals surface area contributed by atoms with Crippen LogP contribution in [0.25, 0.3) is 5.57 Å². The molecule has 120 valence electrons. The largest absolute Gasteiger partial charge is 0.251 e. The Morgan fingerprint density at radius 3 is 2.30 bits per heavy atom. The van der Waals surface area contributed by atoms with E-state index in [1.807, 2.05) is 6.07 Å². The number of hydrogen-bond donors (Lipinski definition) is 1. The Kier molecular flexibility index (Phi) is 5.62. The standard InChI is InChI=1S/C21H26N2/c1-18(20-11-5-4-6-12-20)21-13-9-10-19(16-21)17-22-23-14-7-2-3-8-15-23/h4-6,9-13,16,22H,1-3,7-8,14-15,17H2. The minimum Gasteiger partial charge on any atom is -0.251 e. The maximum Gasteiger partial charge on any atom is 0.0353 e. The molecular formula is C21H26N2. The predicted octanol–water partition coefficient (Wildman–Crippen LogP) is 4.63. The van der Waals surface area contributed by atoms with Crippen LogP contribution in [0.2, 0.25) is 0 Å². The van der Waals surface area contributed by atoms with Gasteiger partial charge < -0.3 is 0 Å². The van der Waals surface area contributed by atoms with Gasteiger partial charge in [-0.15, -0.1) is 0 Å². The Labute approximate surface area is 139 Å². The Hall–Kier alpha value is -1.90. The van der Waals surface area contributed by atoms with Crippen LogP contribution in [0.4, 0.5) is 0 Å². The molecule has 2 heteroatoms. The zero-order valence-corrected chi connectivity index (χ0v) is 13.8. The second-order valence-electron chi connectivity index (χ2n) is 6.28. The molecule has 2 aromatic carbocycles. The summed E-state index contributed by atoms with van der Waals surface area (Å²) < 4.78 is 0. The quantitative estimate of drug-likeness (QED) is 0.866. The zero-order chi connectivity index (χ0) is 15.9. The van der Waals surface area contributed by atoms with Crippen LogP contribution in [0.1, 0.15) is 42.4 Å². The monoisotopic (exact) mass is 306 g/mol. The van der Waals surface area contributed by atoms with Crippen molar-refractivity contribution in [3.63, 3.8) is 0 Å². The van der Waals surface area contributed by atoms with Crippen LogP contribution in [0.3, 0.4) is 0 Å². The normalized spacial score (nSPS) is 16.0. The molecule has 1 aliphatic rings. The lowest BCUT2D eigenvalue weighted by atomic mass is 9.98. The van der Waals surface area contributed by atoms with E-state index in [-0.39, 0.29) is 0 Å². The fourth-order valence-electron chi connectivity index (χ4n) is 3.11. The van der Waals surface area contributed by atoms with Crippen molar-refractivity contribution in [1.29, 1.82) is 0 Å². The van der Waals surface area contributed by atoms with Gasteiger partial charge in [-0.05, 0) is 41.2 Å². The van der Waals surface area contributed by atoms with Gasteiger partial charge in [-0.1, -0.05) is 68.0 Å². The minimum absolute atomic E-state index is 0.885. The van der Waals surface area contributed by atoms with Crippen LogP contribution < -0.4 is 5.43 Å². The first-order chi connectivity index (χ1) is 11.3. The van der Waals surface area contributed by atoms with Crippen molar-refractivity contribution in [2.75, 3.05) is 13.1 Å². The fraction of sp³-hybridized carbons (Fsp3) is 0.333. The maximum absolute atomic E-state index is 4.27. The molecule has 1 N–H and O–H groups in total. The lowest BCUT2D eigenvalue weighted by Gasteiger charge is -2.21. The van der Waals surface area contributed by atoms with Crippen molar-refractivity contribution in [1.82, 2.24) is 10.4 Å². The van der Waals surface area contributed by atoms with E-state index in [9.17, 15) is 0 Å². The third-order valence-corrected chi connectivity index (χ3v) is 4.51. The molecule has 1 heterocycles. The third-order valence-electron chi connectivity index (χ3n) is 4.51. The summed E-state index contributed by atoms with van der Waals surface area (Å²) in [6.07, 6.45) is 5.34. The Balaban J connectivity index is 1.64. The van der Waals surface area contributed by atoms with Gasteiger partial charge in [-0.25, -0.2) is 5.01 Å². The highest BCUT2D eigenvalue weighted by Gasteiger charge is 2.08. The molecule has 0 unspecified atom stereocenters. The lowest BCUT2D eigenvalue weighted by molar-refractivity contribution is 0.191. The molecule has 1 aliphatic heterocycles. The highest BCUT2D eigenvalue weighted by atomic mass is 15.5. The fourth-order valence-corrected chi connectivity index (χ4v) is 3.11. The van der Waals surface area contributed by atoms with Gasteiger partial charge in [0.25, 0.3) is 0 Å². The SMILES string of the molecule is C=C(c1ccccc1)c1cccc(CNN2CCCCCC2)c1. The molecule has 1 saturated heterocycles. The highest BCUT2D eigenvalue weighted by molar-refractivity contribution is 5.78. The van der Waals surface area contributed by atoms with Crippen LogP contribution in [0.15, 0.2) is 61.2 Å². The summed E-state index contributed by atoms with van der Waals surface area (Å²) in [7, 11) is 0. The van der Waals surface area contributed by atoms with Crippen LogP contribution >= 0.6 is 0 Å². The van der Waals surface area contributed by atoms with E-state index in [2.05, 4.69) is 65.5 Å². The van der Waals surface area contributed by atoms with E-state index < -0.39 is 0 Å². The molecule has 1 fully saturated rings. The van der Waals surface area contributed by atoms with Gasteiger partial charge in [-0.3, -0.25) is 5.43 Å². The van der Waals surface area contributed by atoms with Gasteiger partial charge in [-0.2, -0.15) is 0 Å². The summed E-state index contributed by atoms with van der Waals surface area (Å²) in [5, 5.41) is 2.38. The number of hydrogen-bond acceptors (Lipinski definition) is 2. The topological polar surface area (TPSA) is 15.3 Å². The molecule has 0 aromatic heterocycles. The van der Waals surface area contributed by atoms with Gasteiger partial charge in [0.05, 0.1) is 0 Å². The first kappa shape index (κ1) is 16.0. The Morgan fingerprint density at radius 1 is 0.870 bits per heavy atom. The van der Waals surface area contributed by atoms with Gasteiger partial charge in [0.1, 0.15) is 0 Å². The van der Waals surface area contributed by atoms with Crippen LogP contribution in [-0.4, -0.2) is 18.1 Å². The van der Waals surface area contributed by atoms with Crippen molar-refractivity contribution in [3.05, 3.63) is 77.9 Å². The molecule has 0 radical (unpaired) electrons. The van der Waals surface area contributed by atoms with Crippen molar-refractivity contribution < 1.29 is 0 Å².